The van der Waals surface area contributed by atoms with Crippen molar-refractivity contribution in [1.29, 1.82) is 0 Å². The summed E-state index contributed by atoms with van der Waals surface area (Å²) >= 11 is 0. The van der Waals surface area contributed by atoms with Crippen molar-refractivity contribution in [3.8, 4) is 0 Å². The first kappa shape index (κ1) is 14.6. The molecule has 100 valence electrons. The molecule has 0 amide bonds. The number of hydrogen-bond donors (Lipinski definition) is 2. The van der Waals surface area contributed by atoms with E-state index in [1.165, 1.54) is 0 Å². The minimum Gasteiger partial charge on any atom is -0.478 e. The normalized spacial score (nSPS) is 10.5. The van der Waals surface area contributed by atoms with E-state index in [2.05, 4.69) is 5.32 Å². The van der Waals surface area contributed by atoms with E-state index in [0.29, 0.717) is 31.9 Å². The number of methoxy groups -OCH3 is 1. The number of rotatable bonds is 9. The molecule has 0 saturated carbocycles. The fraction of sp³-hybridized carbons (Fsp3) is 0.462. The molecule has 0 aromatic heterocycles. The Hall–Kier alpha value is -1.43. The van der Waals surface area contributed by atoms with Crippen LogP contribution in [0.2, 0.25) is 0 Å². The number of carboxylic acid groups (broad SMARTS) is 1. The van der Waals surface area contributed by atoms with E-state index in [0.717, 1.165) is 12.1 Å². The van der Waals surface area contributed by atoms with Gasteiger partial charge in [-0.2, -0.15) is 0 Å². The maximum atomic E-state index is 10.7. The van der Waals surface area contributed by atoms with Crippen molar-refractivity contribution < 1.29 is 19.4 Å². The predicted molar refractivity (Wildman–Crippen MR) is 67.8 cm³/mol. The molecule has 0 aliphatic carbocycles. The molecule has 18 heavy (non-hydrogen) atoms. The highest BCUT2D eigenvalue weighted by atomic mass is 16.5. The number of benzene rings is 1. The Kier molecular flexibility index (Phi) is 7.01. The van der Waals surface area contributed by atoms with E-state index in [9.17, 15) is 4.79 Å². The van der Waals surface area contributed by atoms with E-state index in [1.54, 1.807) is 19.2 Å². The van der Waals surface area contributed by atoms with Crippen molar-refractivity contribution >= 4 is 5.97 Å². The van der Waals surface area contributed by atoms with Crippen molar-refractivity contribution in [2.24, 2.45) is 0 Å². The summed E-state index contributed by atoms with van der Waals surface area (Å²) in [5.41, 5.74) is 1.36. The Labute approximate surface area is 107 Å². The van der Waals surface area contributed by atoms with Gasteiger partial charge >= 0.3 is 5.97 Å². The van der Waals surface area contributed by atoms with Gasteiger partial charge in [0.1, 0.15) is 0 Å². The average Bonchev–Trinajstić information content (AvgIpc) is 2.38. The number of aromatic carboxylic acids is 1. The lowest BCUT2D eigenvalue weighted by atomic mass is 10.1. The Morgan fingerprint density at radius 3 is 2.56 bits per heavy atom. The third kappa shape index (κ3) is 5.77. The van der Waals surface area contributed by atoms with E-state index in [-0.39, 0.29) is 0 Å². The van der Waals surface area contributed by atoms with E-state index in [4.69, 9.17) is 14.6 Å². The van der Waals surface area contributed by atoms with Gasteiger partial charge in [-0.15, -0.1) is 0 Å². The minimum absolute atomic E-state index is 0.307. The summed E-state index contributed by atoms with van der Waals surface area (Å²) in [4.78, 5) is 10.7. The van der Waals surface area contributed by atoms with Gasteiger partial charge in [-0.3, -0.25) is 0 Å². The zero-order valence-electron chi connectivity index (χ0n) is 10.5. The first-order valence-corrected chi connectivity index (χ1v) is 5.83. The van der Waals surface area contributed by atoms with E-state index in [1.807, 2.05) is 12.1 Å². The summed E-state index contributed by atoms with van der Waals surface area (Å²) in [5, 5.41) is 12.0. The third-order valence-electron chi connectivity index (χ3n) is 2.38. The molecule has 0 atom stereocenters. The molecule has 1 aromatic rings. The van der Waals surface area contributed by atoms with Crippen LogP contribution in [-0.4, -0.2) is 44.6 Å². The summed E-state index contributed by atoms with van der Waals surface area (Å²) in [6, 6.07) is 6.83. The van der Waals surface area contributed by atoms with Crippen LogP contribution < -0.4 is 5.32 Å². The van der Waals surface area contributed by atoms with E-state index >= 15 is 0 Å². The van der Waals surface area contributed by atoms with Gasteiger partial charge in [0, 0.05) is 20.2 Å². The van der Waals surface area contributed by atoms with Crippen molar-refractivity contribution in [2.75, 3.05) is 33.5 Å². The SMILES string of the molecule is COCCOCCNCc1ccc(C(=O)O)cc1. The van der Waals surface area contributed by atoms with Crippen LogP contribution in [0.4, 0.5) is 0 Å². The van der Waals surface area contributed by atoms with E-state index < -0.39 is 5.97 Å². The zero-order valence-corrected chi connectivity index (χ0v) is 10.5. The maximum absolute atomic E-state index is 10.7. The molecular formula is C13H19NO4. The molecule has 0 spiro atoms. The van der Waals surface area contributed by atoms with Gasteiger partial charge in [-0.25, -0.2) is 4.79 Å². The van der Waals surface area contributed by atoms with Crippen LogP contribution in [0.25, 0.3) is 0 Å². The van der Waals surface area contributed by atoms with Gasteiger partial charge in [0.15, 0.2) is 0 Å². The highest BCUT2D eigenvalue weighted by molar-refractivity contribution is 5.87. The smallest absolute Gasteiger partial charge is 0.335 e. The molecule has 0 aliphatic heterocycles. The topological polar surface area (TPSA) is 67.8 Å². The van der Waals surface area contributed by atoms with Crippen LogP contribution in [0, 0.1) is 0 Å². The standard InChI is InChI=1S/C13H19NO4/c1-17-8-9-18-7-6-14-10-11-2-4-12(5-3-11)13(15)16/h2-5,14H,6-10H2,1H3,(H,15,16). The Bertz CT molecular complexity index is 351. The minimum atomic E-state index is -0.902. The zero-order chi connectivity index (χ0) is 13.2. The molecule has 0 radical (unpaired) electrons. The van der Waals surface area contributed by atoms with Crippen molar-refractivity contribution in [2.45, 2.75) is 6.54 Å². The first-order valence-electron chi connectivity index (χ1n) is 5.83. The van der Waals surface area contributed by atoms with Gasteiger partial charge in [0.05, 0.1) is 25.4 Å². The molecular weight excluding hydrogens is 234 g/mol. The lowest BCUT2D eigenvalue weighted by Gasteiger charge is -2.06. The molecule has 1 rings (SSSR count). The fourth-order valence-electron chi connectivity index (χ4n) is 1.39. The molecule has 0 fully saturated rings. The molecule has 5 heteroatoms. The lowest BCUT2D eigenvalue weighted by Crippen LogP contribution is -2.20. The van der Waals surface area contributed by atoms with Crippen molar-refractivity contribution in [3.63, 3.8) is 0 Å². The Morgan fingerprint density at radius 1 is 1.22 bits per heavy atom. The van der Waals surface area contributed by atoms with Crippen LogP contribution >= 0.6 is 0 Å². The predicted octanol–water partition coefficient (Wildman–Crippen LogP) is 1.14. The van der Waals surface area contributed by atoms with Crippen LogP contribution in [0.1, 0.15) is 15.9 Å². The highest BCUT2D eigenvalue weighted by Gasteiger charge is 2.01. The molecule has 0 saturated heterocycles. The summed E-state index contributed by atoms with van der Waals surface area (Å²) in [6.07, 6.45) is 0. The molecule has 5 nitrogen and oxygen atoms in total. The van der Waals surface area contributed by atoms with Crippen molar-refractivity contribution in [1.82, 2.24) is 5.32 Å². The largest absolute Gasteiger partial charge is 0.478 e. The fourth-order valence-corrected chi connectivity index (χ4v) is 1.39. The highest BCUT2D eigenvalue weighted by Crippen LogP contribution is 2.03. The molecule has 0 bridgehead atoms. The molecule has 1 aromatic carbocycles. The summed E-state index contributed by atoms with van der Waals surface area (Å²) < 4.78 is 10.2. The average molecular weight is 253 g/mol. The monoisotopic (exact) mass is 253 g/mol. The lowest BCUT2D eigenvalue weighted by molar-refractivity contribution is 0.0697. The Balaban J connectivity index is 2.14. The number of hydrogen-bond acceptors (Lipinski definition) is 4. The quantitative estimate of drug-likeness (QED) is 0.646. The van der Waals surface area contributed by atoms with Gasteiger partial charge in [-0.05, 0) is 17.7 Å². The first-order chi connectivity index (χ1) is 8.74. The number of carbonyl (C=O) groups is 1. The molecule has 0 heterocycles. The van der Waals surface area contributed by atoms with Crippen LogP contribution in [-0.2, 0) is 16.0 Å². The number of carboxylic acids is 1. The third-order valence-corrected chi connectivity index (χ3v) is 2.38. The number of nitrogens with one attached hydrogen (secondary N) is 1. The maximum Gasteiger partial charge on any atom is 0.335 e. The van der Waals surface area contributed by atoms with Gasteiger partial charge < -0.3 is 19.9 Å². The van der Waals surface area contributed by atoms with Gasteiger partial charge in [0.2, 0.25) is 0 Å². The Morgan fingerprint density at radius 2 is 1.94 bits per heavy atom. The van der Waals surface area contributed by atoms with Crippen LogP contribution in [0.5, 0.6) is 0 Å². The molecule has 0 unspecified atom stereocenters. The molecule has 0 aliphatic rings. The second-order valence-corrected chi connectivity index (χ2v) is 3.78. The number of ether oxygens (including phenoxy) is 2. The second-order valence-electron chi connectivity index (χ2n) is 3.78. The summed E-state index contributed by atoms with van der Waals surface area (Å²) in [5.74, 6) is -0.902. The molecule has 2 N–H and O–H groups in total. The van der Waals surface area contributed by atoms with Crippen molar-refractivity contribution in [3.05, 3.63) is 35.4 Å². The van der Waals surface area contributed by atoms with Crippen LogP contribution in [0.3, 0.4) is 0 Å². The van der Waals surface area contributed by atoms with Gasteiger partial charge in [0.25, 0.3) is 0 Å². The second kappa shape index (κ2) is 8.63. The van der Waals surface area contributed by atoms with Crippen LogP contribution in [0.15, 0.2) is 24.3 Å². The summed E-state index contributed by atoms with van der Waals surface area (Å²) in [7, 11) is 1.64. The summed E-state index contributed by atoms with van der Waals surface area (Å²) in [6.45, 7) is 3.30. The van der Waals surface area contributed by atoms with Gasteiger partial charge in [-0.1, -0.05) is 12.1 Å².